The molecule has 0 radical (unpaired) electrons. The smallest absolute Gasteiger partial charge is 0.295 e. The summed E-state index contributed by atoms with van der Waals surface area (Å²) >= 11 is 0. The van der Waals surface area contributed by atoms with Crippen molar-refractivity contribution in [3.05, 3.63) is 78.0 Å². The molecule has 0 atom stereocenters. The van der Waals surface area contributed by atoms with Crippen LogP contribution in [0.25, 0.3) is 10.9 Å². The summed E-state index contributed by atoms with van der Waals surface area (Å²) in [4.78, 5) is 30.6. The summed E-state index contributed by atoms with van der Waals surface area (Å²) in [5.41, 5.74) is 2.88. The van der Waals surface area contributed by atoms with Crippen molar-refractivity contribution in [2.45, 2.75) is 13.5 Å². The first-order valence-electron chi connectivity index (χ1n) is 8.70. The zero-order chi connectivity index (χ0) is 19.4. The lowest BCUT2D eigenvalue weighted by Crippen LogP contribution is -2.36. The summed E-state index contributed by atoms with van der Waals surface area (Å²) in [5.74, 6) is -0.315. The number of nitrogens with zero attached hydrogens (tertiary/aromatic N) is 1. The third-order valence-electron chi connectivity index (χ3n) is 4.48. The van der Waals surface area contributed by atoms with Crippen molar-refractivity contribution in [3.8, 4) is 5.75 Å². The van der Waals surface area contributed by atoms with Gasteiger partial charge in [-0.25, -0.2) is 0 Å². The number of ether oxygens (including phenoxy) is 1. The quantitative estimate of drug-likeness (QED) is 0.394. The summed E-state index contributed by atoms with van der Waals surface area (Å²) in [6, 6.07) is 14.9. The number of methoxy groups -OCH3 is 1. The number of hydrogen-bond donors (Lipinski definition) is 1. The van der Waals surface area contributed by atoms with Crippen molar-refractivity contribution in [2.24, 2.45) is 0 Å². The van der Waals surface area contributed by atoms with Gasteiger partial charge in [0.25, 0.3) is 11.7 Å². The molecule has 3 aromatic rings. The van der Waals surface area contributed by atoms with Gasteiger partial charge in [-0.3, -0.25) is 9.59 Å². The number of aromatic nitrogens is 1. The molecule has 1 aromatic heterocycles. The highest BCUT2D eigenvalue weighted by Crippen LogP contribution is 2.23. The summed E-state index contributed by atoms with van der Waals surface area (Å²) in [7, 11) is 1.60. The van der Waals surface area contributed by atoms with Gasteiger partial charge in [0.2, 0.25) is 0 Å². The van der Waals surface area contributed by atoms with E-state index < -0.39 is 11.7 Å². The topological polar surface area (TPSA) is 62.4 Å². The number of rotatable bonds is 7. The lowest BCUT2D eigenvalue weighted by Gasteiger charge is -2.20. The molecule has 0 saturated carbocycles. The predicted octanol–water partition coefficient (Wildman–Crippen LogP) is 3.88. The monoisotopic (exact) mass is 362 g/mol. The maximum atomic E-state index is 13.0. The van der Waals surface area contributed by atoms with Crippen LogP contribution in [0.2, 0.25) is 0 Å². The standard InChI is InChI=1S/C22H22N2O3/c1-4-13-24(14-16-9-11-17(27-3)12-10-16)22(26)21(25)20-15(2)23-19-8-6-5-7-18(19)20/h4-12,23H,1,13-14H2,2-3H3. The molecule has 0 unspecified atom stereocenters. The number of hydrogen-bond acceptors (Lipinski definition) is 3. The van der Waals surface area contributed by atoms with Gasteiger partial charge in [-0.15, -0.1) is 6.58 Å². The second-order valence-corrected chi connectivity index (χ2v) is 6.32. The number of carbonyl (C=O) groups is 2. The summed E-state index contributed by atoms with van der Waals surface area (Å²) in [6.07, 6.45) is 1.62. The summed E-state index contributed by atoms with van der Waals surface area (Å²) in [5, 5.41) is 0.761. The van der Waals surface area contributed by atoms with Gasteiger partial charge in [-0.05, 0) is 30.7 Å². The third kappa shape index (κ3) is 3.77. The van der Waals surface area contributed by atoms with Crippen LogP contribution in [0.5, 0.6) is 5.75 Å². The minimum absolute atomic E-state index is 0.290. The van der Waals surface area contributed by atoms with E-state index in [1.807, 2.05) is 55.5 Å². The number of Topliss-reactive ketones (excluding diaryl/α,β-unsaturated/α-hetero) is 1. The number of carbonyl (C=O) groups excluding carboxylic acids is 2. The Morgan fingerprint density at radius 1 is 1.15 bits per heavy atom. The van der Waals surface area contributed by atoms with Gasteiger partial charge in [0, 0.05) is 29.7 Å². The number of para-hydroxylation sites is 1. The fourth-order valence-electron chi connectivity index (χ4n) is 3.15. The van der Waals surface area contributed by atoms with Crippen LogP contribution in [0.4, 0.5) is 0 Å². The minimum atomic E-state index is -0.543. The number of fused-ring (bicyclic) bond motifs is 1. The molecule has 1 heterocycles. The molecule has 138 valence electrons. The van der Waals surface area contributed by atoms with Crippen LogP contribution >= 0.6 is 0 Å². The molecule has 2 aromatic carbocycles. The van der Waals surface area contributed by atoms with E-state index in [2.05, 4.69) is 11.6 Å². The number of nitrogens with one attached hydrogen (secondary N) is 1. The SMILES string of the molecule is C=CCN(Cc1ccc(OC)cc1)C(=O)C(=O)c1c(C)[nH]c2ccccc12. The lowest BCUT2D eigenvalue weighted by molar-refractivity contribution is -0.126. The van der Waals surface area contributed by atoms with Crippen LogP contribution in [0.3, 0.4) is 0 Å². The number of amides is 1. The van der Waals surface area contributed by atoms with Crippen molar-refractivity contribution in [1.29, 1.82) is 0 Å². The van der Waals surface area contributed by atoms with E-state index in [0.717, 1.165) is 22.2 Å². The average Bonchev–Trinajstić information content (AvgIpc) is 3.02. The van der Waals surface area contributed by atoms with Crippen molar-refractivity contribution < 1.29 is 14.3 Å². The van der Waals surface area contributed by atoms with E-state index in [-0.39, 0.29) is 6.54 Å². The van der Waals surface area contributed by atoms with Crippen molar-refractivity contribution in [2.75, 3.05) is 13.7 Å². The molecule has 0 aliphatic carbocycles. The Balaban J connectivity index is 1.88. The van der Waals surface area contributed by atoms with Crippen LogP contribution in [0.15, 0.2) is 61.2 Å². The number of aromatic amines is 1. The number of ketones is 1. The van der Waals surface area contributed by atoms with Crippen molar-refractivity contribution in [3.63, 3.8) is 0 Å². The van der Waals surface area contributed by atoms with Gasteiger partial charge in [-0.2, -0.15) is 0 Å². The third-order valence-corrected chi connectivity index (χ3v) is 4.48. The van der Waals surface area contributed by atoms with Crippen molar-refractivity contribution in [1.82, 2.24) is 9.88 Å². The average molecular weight is 362 g/mol. The largest absolute Gasteiger partial charge is 0.497 e. The van der Waals surface area contributed by atoms with Crippen LogP contribution in [-0.4, -0.2) is 35.2 Å². The lowest BCUT2D eigenvalue weighted by atomic mass is 10.1. The van der Waals surface area contributed by atoms with Crippen LogP contribution in [0, 0.1) is 6.92 Å². The highest BCUT2D eigenvalue weighted by molar-refractivity contribution is 6.45. The van der Waals surface area contributed by atoms with E-state index in [9.17, 15) is 9.59 Å². The Labute approximate surface area is 158 Å². The Morgan fingerprint density at radius 2 is 1.85 bits per heavy atom. The number of benzene rings is 2. The second kappa shape index (κ2) is 7.91. The minimum Gasteiger partial charge on any atom is -0.497 e. The molecular weight excluding hydrogens is 340 g/mol. The number of aryl methyl sites for hydroxylation is 1. The molecule has 0 aliphatic heterocycles. The van der Waals surface area contributed by atoms with Gasteiger partial charge in [0.15, 0.2) is 0 Å². The first-order valence-corrected chi connectivity index (χ1v) is 8.70. The first kappa shape index (κ1) is 18.5. The normalized spacial score (nSPS) is 10.6. The van der Waals surface area contributed by atoms with Crippen LogP contribution < -0.4 is 4.74 Å². The molecule has 3 rings (SSSR count). The van der Waals surface area contributed by atoms with Crippen LogP contribution in [-0.2, 0) is 11.3 Å². The molecule has 1 N–H and O–H groups in total. The van der Waals surface area contributed by atoms with Gasteiger partial charge in [0.05, 0.1) is 12.7 Å². The van der Waals surface area contributed by atoms with Crippen molar-refractivity contribution >= 4 is 22.6 Å². The summed E-state index contributed by atoms with van der Waals surface area (Å²) in [6.45, 7) is 6.13. The van der Waals surface area contributed by atoms with E-state index in [4.69, 9.17) is 4.74 Å². The Kier molecular flexibility index (Phi) is 5.41. The molecular formula is C22H22N2O3. The highest BCUT2D eigenvalue weighted by atomic mass is 16.5. The molecule has 5 heteroatoms. The number of H-pyrrole nitrogens is 1. The highest BCUT2D eigenvalue weighted by Gasteiger charge is 2.26. The molecule has 27 heavy (non-hydrogen) atoms. The fourth-order valence-corrected chi connectivity index (χ4v) is 3.15. The van der Waals surface area contributed by atoms with E-state index in [1.165, 1.54) is 4.90 Å². The zero-order valence-corrected chi connectivity index (χ0v) is 15.5. The summed E-state index contributed by atoms with van der Waals surface area (Å²) < 4.78 is 5.16. The first-order chi connectivity index (χ1) is 13.0. The molecule has 0 fully saturated rings. The Morgan fingerprint density at radius 3 is 2.52 bits per heavy atom. The van der Waals surface area contributed by atoms with E-state index in [1.54, 1.807) is 13.2 Å². The molecule has 0 bridgehead atoms. The van der Waals surface area contributed by atoms with Gasteiger partial charge < -0.3 is 14.6 Å². The molecule has 1 amide bonds. The molecule has 0 saturated heterocycles. The van der Waals surface area contributed by atoms with Gasteiger partial charge >= 0.3 is 0 Å². The maximum absolute atomic E-state index is 13.0. The van der Waals surface area contributed by atoms with Gasteiger partial charge in [0.1, 0.15) is 5.75 Å². The molecule has 0 aliphatic rings. The fraction of sp³-hybridized carbons (Fsp3) is 0.182. The molecule has 5 nitrogen and oxygen atoms in total. The Bertz CT molecular complexity index is 986. The maximum Gasteiger partial charge on any atom is 0.295 e. The Hall–Kier alpha value is -3.34. The second-order valence-electron chi connectivity index (χ2n) is 6.32. The predicted molar refractivity (Wildman–Crippen MR) is 106 cm³/mol. The molecule has 0 spiro atoms. The zero-order valence-electron chi connectivity index (χ0n) is 15.5. The van der Waals surface area contributed by atoms with E-state index >= 15 is 0 Å². The van der Waals surface area contributed by atoms with Crippen LogP contribution in [0.1, 0.15) is 21.6 Å². The van der Waals surface area contributed by atoms with E-state index in [0.29, 0.717) is 17.8 Å². The van der Waals surface area contributed by atoms with Gasteiger partial charge in [-0.1, -0.05) is 36.4 Å².